The standard InChI is InChI=1S/C18H23N3O2/c1-13-3-5-15(6-4-13)16-12-20-17(23-16)7-8-18(22)21-10-9-19-11-14(21)2/h3-6,12,14,19H,7-11H2,1-2H3. The Kier molecular flexibility index (Phi) is 4.76. The van der Waals surface area contributed by atoms with Gasteiger partial charge in [0.1, 0.15) is 0 Å². The summed E-state index contributed by atoms with van der Waals surface area (Å²) in [6.07, 6.45) is 2.72. The van der Waals surface area contributed by atoms with E-state index in [0.717, 1.165) is 31.0 Å². The predicted octanol–water partition coefficient (Wildman–Crippen LogP) is 2.40. The van der Waals surface area contributed by atoms with Gasteiger partial charge < -0.3 is 14.6 Å². The molecule has 5 heteroatoms. The van der Waals surface area contributed by atoms with Crippen LogP contribution in [0, 0.1) is 6.92 Å². The number of carbonyl (C=O) groups is 1. The molecule has 1 aromatic carbocycles. The molecule has 122 valence electrons. The van der Waals surface area contributed by atoms with Crippen LogP contribution in [0.2, 0.25) is 0 Å². The first-order valence-corrected chi connectivity index (χ1v) is 8.15. The van der Waals surface area contributed by atoms with E-state index in [1.165, 1.54) is 5.56 Å². The van der Waals surface area contributed by atoms with Gasteiger partial charge in [-0.25, -0.2) is 4.98 Å². The van der Waals surface area contributed by atoms with E-state index >= 15 is 0 Å². The number of oxazole rings is 1. The Balaban J connectivity index is 1.58. The first kappa shape index (κ1) is 15.7. The molecule has 23 heavy (non-hydrogen) atoms. The van der Waals surface area contributed by atoms with Crippen molar-refractivity contribution >= 4 is 5.91 Å². The van der Waals surface area contributed by atoms with Crippen molar-refractivity contribution in [3.8, 4) is 11.3 Å². The smallest absolute Gasteiger partial charge is 0.223 e. The van der Waals surface area contributed by atoms with Crippen LogP contribution >= 0.6 is 0 Å². The number of nitrogens with zero attached hydrogens (tertiary/aromatic N) is 2. The van der Waals surface area contributed by atoms with Crippen LogP contribution in [-0.4, -0.2) is 41.5 Å². The van der Waals surface area contributed by atoms with Gasteiger partial charge in [-0.05, 0) is 13.8 Å². The number of piperazine rings is 1. The lowest BCUT2D eigenvalue weighted by Crippen LogP contribution is -2.52. The Labute approximate surface area is 136 Å². The number of rotatable bonds is 4. The summed E-state index contributed by atoms with van der Waals surface area (Å²) in [6, 6.07) is 8.39. The van der Waals surface area contributed by atoms with Crippen molar-refractivity contribution in [1.82, 2.24) is 15.2 Å². The monoisotopic (exact) mass is 313 g/mol. The number of hydrogen-bond donors (Lipinski definition) is 1. The SMILES string of the molecule is Cc1ccc(-c2cnc(CCC(=O)N3CCNCC3C)o2)cc1. The maximum absolute atomic E-state index is 12.3. The third-order valence-corrected chi connectivity index (χ3v) is 4.26. The summed E-state index contributed by atoms with van der Waals surface area (Å²) in [6.45, 7) is 6.64. The van der Waals surface area contributed by atoms with E-state index < -0.39 is 0 Å². The summed E-state index contributed by atoms with van der Waals surface area (Å²) in [5.74, 6) is 1.55. The molecule has 1 unspecified atom stereocenters. The largest absolute Gasteiger partial charge is 0.441 e. The second kappa shape index (κ2) is 6.96. The minimum atomic E-state index is 0.175. The van der Waals surface area contributed by atoms with Gasteiger partial charge in [-0.2, -0.15) is 0 Å². The third kappa shape index (κ3) is 3.79. The molecular weight excluding hydrogens is 290 g/mol. The molecule has 1 N–H and O–H groups in total. The minimum absolute atomic E-state index is 0.175. The normalized spacial score (nSPS) is 18.2. The summed E-state index contributed by atoms with van der Waals surface area (Å²) < 4.78 is 5.78. The van der Waals surface area contributed by atoms with Crippen molar-refractivity contribution in [2.24, 2.45) is 0 Å². The van der Waals surface area contributed by atoms with Crippen molar-refractivity contribution in [2.75, 3.05) is 19.6 Å². The zero-order chi connectivity index (χ0) is 16.2. The average Bonchev–Trinajstić information content (AvgIpc) is 3.03. The zero-order valence-corrected chi connectivity index (χ0v) is 13.7. The van der Waals surface area contributed by atoms with Crippen molar-refractivity contribution in [2.45, 2.75) is 32.7 Å². The van der Waals surface area contributed by atoms with Gasteiger partial charge in [0.2, 0.25) is 5.91 Å². The van der Waals surface area contributed by atoms with E-state index in [4.69, 9.17) is 4.42 Å². The topological polar surface area (TPSA) is 58.4 Å². The van der Waals surface area contributed by atoms with Crippen LogP contribution in [0.15, 0.2) is 34.9 Å². The van der Waals surface area contributed by atoms with E-state index in [9.17, 15) is 4.79 Å². The molecule has 3 rings (SSSR count). The Morgan fingerprint density at radius 1 is 1.39 bits per heavy atom. The van der Waals surface area contributed by atoms with Crippen LogP contribution in [-0.2, 0) is 11.2 Å². The molecule has 5 nitrogen and oxygen atoms in total. The first-order chi connectivity index (χ1) is 11.1. The van der Waals surface area contributed by atoms with Gasteiger partial charge in [0.25, 0.3) is 0 Å². The molecule has 0 aliphatic carbocycles. The minimum Gasteiger partial charge on any atom is -0.441 e. The van der Waals surface area contributed by atoms with Crippen LogP contribution in [0.1, 0.15) is 24.8 Å². The molecule has 1 saturated heterocycles. The Morgan fingerprint density at radius 3 is 2.91 bits per heavy atom. The summed E-state index contributed by atoms with van der Waals surface area (Å²) in [4.78, 5) is 18.6. The number of nitrogens with one attached hydrogen (secondary N) is 1. The molecule has 2 heterocycles. The number of aryl methyl sites for hydroxylation is 2. The fourth-order valence-electron chi connectivity index (χ4n) is 2.85. The molecule has 0 spiro atoms. The van der Waals surface area contributed by atoms with Gasteiger partial charge in [0.05, 0.1) is 6.20 Å². The maximum Gasteiger partial charge on any atom is 0.223 e. The summed E-state index contributed by atoms with van der Waals surface area (Å²) in [5, 5.41) is 3.29. The summed E-state index contributed by atoms with van der Waals surface area (Å²) >= 11 is 0. The van der Waals surface area contributed by atoms with E-state index in [1.807, 2.05) is 29.2 Å². The molecule has 2 aromatic rings. The quantitative estimate of drug-likeness (QED) is 0.941. The van der Waals surface area contributed by atoms with Gasteiger partial charge >= 0.3 is 0 Å². The van der Waals surface area contributed by atoms with Crippen LogP contribution in [0.4, 0.5) is 0 Å². The Morgan fingerprint density at radius 2 is 2.17 bits per heavy atom. The lowest BCUT2D eigenvalue weighted by molar-refractivity contribution is -0.134. The van der Waals surface area contributed by atoms with Gasteiger partial charge in [-0.15, -0.1) is 0 Å². The predicted molar refractivity (Wildman–Crippen MR) is 89.0 cm³/mol. The first-order valence-electron chi connectivity index (χ1n) is 8.15. The van der Waals surface area contributed by atoms with Crippen molar-refractivity contribution in [3.63, 3.8) is 0 Å². The third-order valence-electron chi connectivity index (χ3n) is 4.26. The second-order valence-corrected chi connectivity index (χ2v) is 6.12. The lowest BCUT2D eigenvalue weighted by atomic mass is 10.1. The fourth-order valence-corrected chi connectivity index (χ4v) is 2.85. The molecule has 1 aliphatic rings. The van der Waals surface area contributed by atoms with E-state index in [2.05, 4.69) is 24.1 Å². The highest BCUT2D eigenvalue weighted by molar-refractivity contribution is 5.76. The average molecular weight is 313 g/mol. The van der Waals surface area contributed by atoms with Gasteiger partial charge in [-0.1, -0.05) is 29.8 Å². The number of aromatic nitrogens is 1. The van der Waals surface area contributed by atoms with E-state index in [-0.39, 0.29) is 11.9 Å². The molecule has 1 aromatic heterocycles. The Bertz CT molecular complexity index is 663. The molecule has 1 amide bonds. The summed E-state index contributed by atoms with van der Waals surface area (Å²) in [5.41, 5.74) is 2.22. The molecule has 0 bridgehead atoms. The Hall–Kier alpha value is -2.14. The van der Waals surface area contributed by atoms with Crippen molar-refractivity contribution in [1.29, 1.82) is 0 Å². The van der Waals surface area contributed by atoms with Gasteiger partial charge in [0.15, 0.2) is 11.7 Å². The van der Waals surface area contributed by atoms with E-state index in [0.29, 0.717) is 18.7 Å². The highest BCUT2D eigenvalue weighted by Gasteiger charge is 2.22. The highest BCUT2D eigenvalue weighted by Crippen LogP contribution is 2.21. The number of hydrogen-bond acceptors (Lipinski definition) is 4. The van der Waals surface area contributed by atoms with Crippen LogP contribution in [0.5, 0.6) is 0 Å². The van der Waals surface area contributed by atoms with Crippen LogP contribution in [0.25, 0.3) is 11.3 Å². The van der Waals surface area contributed by atoms with Gasteiger partial charge in [-0.3, -0.25) is 4.79 Å². The summed E-state index contributed by atoms with van der Waals surface area (Å²) in [7, 11) is 0. The molecular formula is C18H23N3O2. The second-order valence-electron chi connectivity index (χ2n) is 6.12. The van der Waals surface area contributed by atoms with Crippen molar-refractivity contribution in [3.05, 3.63) is 41.9 Å². The van der Waals surface area contributed by atoms with Crippen LogP contribution < -0.4 is 5.32 Å². The molecule has 1 aliphatic heterocycles. The number of carbonyl (C=O) groups excluding carboxylic acids is 1. The van der Waals surface area contributed by atoms with Crippen LogP contribution in [0.3, 0.4) is 0 Å². The zero-order valence-electron chi connectivity index (χ0n) is 13.7. The number of benzene rings is 1. The number of amides is 1. The fraction of sp³-hybridized carbons (Fsp3) is 0.444. The molecule has 1 atom stereocenters. The lowest BCUT2D eigenvalue weighted by Gasteiger charge is -2.34. The molecule has 0 saturated carbocycles. The van der Waals surface area contributed by atoms with Crippen molar-refractivity contribution < 1.29 is 9.21 Å². The molecule has 0 radical (unpaired) electrons. The van der Waals surface area contributed by atoms with Gasteiger partial charge in [0, 0.05) is 44.1 Å². The van der Waals surface area contributed by atoms with E-state index in [1.54, 1.807) is 6.20 Å². The maximum atomic E-state index is 12.3. The highest BCUT2D eigenvalue weighted by atomic mass is 16.4. The molecule has 1 fully saturated rings.